The number of rotatable bonds is 5. The van der Waals surface area contributed by atoms with Crippen LogP contribution in [0.2, 0.25) is 0 Å². The van der Waals surface area contributed by atoms with Gasteiger partial charge >= 0.3 is 5.69 Å². The number of carbonyl (C=O) groups excluding carboxylic acids is 1. The molecule has 1 saturated carbocycles. The minimum atomic E-state index is -0.576. The van der Waals surface area contributed by atoms with Crippen molar-refractivity contribution in [3.05, 3.63) is 33.9 Å². The molecular weight excluding hydrogens is 368 g/mol. The smallest absolute Gasteiger partial charge is 0.311 e. The lowest BCUT2D eigenvalue weighted by atomic mass is 9.78. The first-order valence-electron chi connectivity index (χ1n) is 9.11. The van der Waals surface area contributed by atoms with Crippen molar-refractivity contribution in [2.24, 2.45) is 11.8 Å². The minimum absolute atomic E-state index is 0.129. The number of thiocarbonyl (C=S) groups is 1. The second kappa shape index (κ2) is 9.50. The summed E-state index contributed by atoms with van der Waals surface area (Å²) < 4.78 is 5.21. The number of hydrogen-bond donors (Lipinski definition) is 3. The molecule has 3 N–H and O–H groups in total. The van der Waals surface area contributed by atoms with Crippen LogP contribution in [0.5, 0.6) is 5.75 Å². The van der Waals surface area contributed by atoms with E-state index >= 15 is 0 Å². The molecule has 0 unspecified atom stereocenters. The highest BCUT2D eigenvalue weighted by molar-refractivity contribution is 7.80. The van der Waals surface area contributed by atoms with E-state index in [1.54, 1.807) is 6.92 Å². The number of benzene rings is 1. The number of hydrazine groups is 1. The molecule has 1 aliphatic rings. The van der Waals surface area contributed by atoms with Crippen molar-refractivity contribution in [3.63, 3.8) is 0 Å². The predicted molar refractivity (Wildman–Crippen MR) is 107 cm³/mol. The Hall–Kier alpha value is -2.42. The molecular formula is C18H26N4O4S. The van der Waals surface area contributed by atoms with Crippen molar-refractivity contribution in [3.8, 4) is 5.75 Å². The van der Waals surface area contributed by atoms with Crippen LogP contribution in [0.1, 0.15) is 50.4 Å². The van der Waals surface area contributed by atoms with Crippen molar-refractivity contribution in [1.29, 1.82) is 0 Å². The van der Waals surface area contributed by atoms with Crippen molar-refractivity contribution in [2.45, 2.75) is 46.1 Å². The largest absolute Gasteiger partial charge is 0.487 e. The van der Waals surface area contributed by atoms with Crippen molar-refractivity contribution >= 4 is 28.9 Å². The summed E-state index contributed by atoms with van der Waals surface area (Å²) in [6.07, 6.45) is 3.40. The van der Waals surface area contributed by atoms with Gasteiger partial charge in [0.05, 0.1) is 11.5 Å². The van der Waals surface area contributed by atoms with E-state index in [1.807, 2.05) is 0 Å². The monoisotopic (exact) mass is 394 g/mol. The molecule has 1 aromatic carbocycles. The zero-order valence-corrected chi connectivity index (χ0v) is 16.6. The Labute approximate surface area is 164 Å². The lowest BCUT2D eigenvalue weighted by Gasteiger charge is -2.35. The van der Waals surface area contributed by atoms with Crippen LogP contribution in [0.4, 0.5) is 5.69 Å². The quantitative estimate of drug-likeness (QED) is 0.400. The van der Waals surface area contributed by atoms with Gasteiger partial charge in [-0.05, 0) is 49.5 Å². The van der Waals surface area contributed by atoms with E-state index in [-0.39, 0.29) is 23.0 Å². The molecule has 0 aliphatic heterocycles. The van der Waals surface area contributed by atoms with Crippen molar-refractivity contribution in [1.82, 2.24) is 16.2 Å². The van der Waals surface area contributed by atoms with Crippen LogP contribution in [0.15, 0.2) is 18.2 Å². The van der Waals surface area contributed by atoms with Crippen LogP contribution < -0.4 is 20.9 Å². The van der Waals surface area contributed by atoms with Gasteiger partial charge < -0.3 is 10.1 Å². The van der Waals surface area contributed by atoms with E-state index in [4.69, 9.17) is 17.0 Å². The third-order valence-electron chi connectivity index (χ3n) is 5.03. The molecule has 0 aromatic heterocycles. The molecule has 9 heteroatoms. The normalized spacial score (nSPS) is 21.8. The summed E-state index contributed by atoms with van der Waals surface area (Å²) in [4.78, 5) is 22.9. The van der Waals surface area contributed by atoms with Gasteiger partial charge in [0.15, 0.2) is 10.9 Å². The first-order valence-corrected chi connectivity index (χ1v) is 9.52. The Balaban J connectivity index is 1.94. The maximum Gasteiger partial charge on any atom is 0.311 e. The van der Waals surface area contributed by atoms with Crippen LogP contribution >= 0.6 is 12.2 Å². The van der Waals surface area contributed by atoms with E-state index in [0.29, 0.717) is 23.6 Å². The summed E-state index contributed by atoms with van der Waals surface area (Å²) in [6.45, 7) is 6.46. The van der Waals surface area contributed by atoms with Crippen LogP contribution in [-0.4, -0.2) is 28.6 Å². The molecule has 8 nitrogen and oxygen atoms in total. The van der Waals surface area contributed by atoms with Crippen LogP contribution in [0.25, 0.3) is 0 Å². The molecule has 1 fully saturated rings. The third kappa shape index (κ3) is 5.53. The van der Waals surface area contributed by atoms with Gasteiger partial charge in [-0.3, -0.25) is 25.8 Å². The number of ether oxygens (including phenoxy) is 1. The molecule has 0 saturated heterocycles. The molecule has 0 spiro atoms. The first-order chi connectivity index (χ1) is 12.8. The van der Waals surface area contributed by atoms with E-state index < -0.39 is 10.8 Å². The number of amides is 1. The molecule has 148 valence electrons. The Morgan fingerprint density at radius 3 is 2.74 bits per heavy atom. The topological polar surface area (TPSA) is 106 Å². The lowest BCUT2D eigenvalue weighted by molar-refractivity contribution is -0.385. The molecule has 1 aromatic rings. The van der Waals surface area contributed by atoms with Crippen molar-refractivity contribution < 1.29 is 14.5 Å². The fourth-order valence-electron chi connectivity index (χ4n) is 3.25. The third-order valence-corrected chi connectivity index (χ3v) is 5.25. The number of nitro groups is 1. The number of carbonyl (C=O) groups is 1. The highest BCUT2D eigenvalue weighted by atomic mass is 32.1. The fraction of sp³-hybridized carbons (Fsp3) is 0.556. The zero-order chi connectivity index (χ0) is 20.0. The van der Waals surface area contributed by atoms with Gasteiger partial charge in [-0.2, -0.15) is 0 Å². The average molecular weight is 394 g/mol. The van der Waals surface area contributed by atoms with Gasteiger partial charge in [0, 0.05) is 17.7 Å². The van der Waals surface area contributed by atoms with Gasteiger partial charge in [-0.25, -0.2) is 0 Å². The number of nitro benzene ring substituents is 1. The summed E-state index contributed by atoms with van der Waals surface area (Å²) in [5.74, 6) is 0.723. The molecule has 0 radical (unpaired) electrons. The SMILES string of the molecule is CCOc1ccc(C(=O)NNC(=S)N[C@H]2CCC[C@@H](C)[C@@H]2C)cc1[N+](=O)[O-]. The van der Waals surface area contributed by atoms with E-state index in [2.05, 4.69) is 30.0 Å². The summed E-state index contributed by atoms with van der Waals surface area (Å²) in [5.41, 5.74) is 5.03. The zero-order valence-electron chi connectivity index (χ0n) is 15.8. The van der Waals surface area contributed by atoms with Gasteiger partial charge in [0.2, 0.25) is 0 Å². The van der Waals surface area contributed by atoms with Crippen molar-refractivity contribution in [2.75, 3.05) is 6.61 Å². The molecule has 1 amide bonds. The first kappa shape index (κ1) is 20.9. The highest BCUT2D eigenvalue weighted by Crippen LogP contribution is 2.29. The van der Waals surface area contributed by atoms with Gasteiger partial charge in [-0.15, -0.1) is 0 Å². The Morgan fingerprint density at radius 2 is 2.07 bits per heavy atom. The van der Waals surface area contributed by atoms with Gasteiger partial charge in [0.25, 0.3) is 5.91 Å². The summed E-state index contributed by atoms with van der Waals surface area (Å²) in [6, 6.07) is 4.33. The molecule has 2 rings (SSSR count). The minimum Gasteiger partial charge on any atom is -0.487 e. The molecule has 3 atom stereocenters. The number of nitrogens with zero attached hydrogens (tertiary/aromatic N) is 1. The lowest BCUT2D eigenvalue weighted by Crippen LogP contribution is -2.52. The Kier molecular flexibility index (Phi) is 7.35. The van der Waals surface area contributed by atoms with Crippen LogP contribution in [0.3, 0.4) is 0 Å². The fourth-order valence-corrected chi connectivity index (χ4v) is 3.46. The Bertz CT molecular complexity index is 713. The second-order valence-corrected chi connectivity index (χ2v) is 7.21. The molecule has 1 aliphatic carbocycles. The van der Waals surface area contributed by atoms with Gasteiger partial charge in [-0.1, -0.05) is 26.7 Å². The summed E-state index contributed by atoms with van der Waals surface area (Å²) in [7, 11) is 0. The second-order valence-electron chi connectivity index (χ2n) is 6.80. The Morgan fingerprint density at radius 1 is 1.33 bits per heavy atom. The van der Waals surface area contributed by atoms with E-state index in [1.165, 1.54) is 24.6 Å². The number of nitrogens with one attached hydrogen (secondary N) is 3. The molecule has 0 bridgehead atoms. The average Bonchev–Trinajstić information content (AvgIpc) is 2.64. The number of hydrogen-bond acceptors (Lipinski definition) is 5. The van der Waals surface area contributed by atoms with E-state index in [0.717, 1.165) is 12.8 Å². The molecule has 0 heterocycles. The molecule has 27 heavy (non-hydrogen) atoms. The van der Waals surface area contributed by atoms with Crippen LogP contribution in [-0.2, 0) is 0 Å². The van der Waals surface area contributed by atoms with E-state index in [9.17, 15) is 14.9 Å². The predicted octanol–water partition coefficient (Wildman–Crippen LogP) is 2.93. The maximum absolute atomic E-state index is 12.3. The maximum atomic E-state index is 12.3. The van der Waals surface area contributed by atoms with Gasteiger partial charge in [0.1, 0.15) is 0 Å². The highest BCUT2D eigenvalue weighted by Gasteiger charge is 2.27. The van der Waals surface area contributed by atoms with Crippen LogP contribution in [0, 0.1) is 22.0 Å². The summed E-state index contributed by atoms with van der Waals surface area (Å²) >= 11 is 5.25. The summed E-state index contributed by atoms with van der Waals surface area (Å²) in [5, 5.41) is 14.7. The standard InChI is InChI=1S/C18H26N4O4S/c1-4-26-16-9-8-13(10-15(16)22(24)25)17(23)20-21-18(27)19-14-7-5-6-11(2)12(14)3/h8-12,14H,4-7H2,1-3H3,(H,20,23)(H2,19,21,27)/t11-,12+,14+/m1/s1.